The van der Waals surface area contributed by atoms with E-state index in [9.17, 15) is 5.11 Å². The standard InChI is InChI=1S/C12H21N3O/c1-5-6-10-7-11(14-8-13-10)15-12(3,4)9(2)16/h7-9,16H,5-6H2,1-4H3,(H,13,14,15). The number of hydrogen-bond donors (Lipinski definition) is 2. The zero-order chi connectivity index (χ0) is 12.2. The normalized spacial score (nSPS) is 13.6. The number of nitrogens with one attached hydrogen (secondary N) is 1. The minimum absolute atomic E-state index is 0.391. The molecule has 0 aromatic carbocycles. The van der Waals surface area contributed by atoms with Gasteiger partial charge in [0, 0.05) is 11.8 Å². The van der Waals surface area contributed by atoms with Gasteiger partial charge < -0.3 is 10.4 Å². The van der Waals surface area contributed by atoms with Crippen LogP contribution in [0.1, 0.15) is 39.8 Å². The molecule has 4 nitrogen and oxygen atoms in total. The highest BCUT2D eigenvalue weighted by molar-refractivity contribution is 5.38. The van der Waals surface area contributed by atoms with Crippen LogP contribution in [0.25, 0.3) is 0 Å². The fourth-order valence-electron chi connectivity index (χ4n) is 1.29. The Bertz CT molecular complexity index is 337. The van der Waals surface area contributed by atoms with E-state index in [2.05, 4.69) is 22.2 Å². The predicted octanol–water partition coefficient (Wildman–Crippen LogP) is 2.00. The molecule has 0 radical (unpaired) electrons. The summed E-state index contributed by atoms with van der Waals surface area (Å²) in [6.07, 6.45) is 3.13. The number of aliphatic hydroxyl groups is 1. The molecular weight excluding hydrogens is 202 g/mol. The third-order valence-corrected chi connectivity index (χ3v) is 2.72. The van der Waals surface area contributed by atoms with E-state index >= 15 is 0 Å². The van der Waals surface area contributed by atoms with E-state index in [1.807, 2.05) is 19.9 Å². The molecule has 2 N–H and O–H groups in total. The molecule has 0 aliphatic rings. The fourth-order valence-corrected chi connectivity index (χ4v) is 1.29. The molecule has 4 heteroatoms. The Balaban J connectivity index is 2.77. The fraction of sp³-hybridized carbons (Fsp3) is 0.667. The van der Waals surface area contributed by atoms with Gasteiger partial charge in [0.25, 0.3) is 0 Å². The highest BCUT2D eigenvalue weighted by Gasteiger charge is 2.24. The first-order valence-corrected chi connectivity index (χ1v) is 5.73. The molecule has 1 atom stereocenters. The molecule has 0 saturated heterocycles. The van der Waals surface area contributed by atoms with Crippen LogP contribution < -0.4 is 5.32 Å². The molecule has 1 aromatic heterocycles. The second kappa shape index (κ2) is 5.25. The minimum atomic E-state index is -0.447. The summed E-state index contributed by atoms with van der Waals surface area (Å²) in [6.45, 7) is 7.77. The van der Waals surface area contributed by atoms with E-state index in [-0.39, 0.29) is 0 Å². The third kappa shape index (κ3) is 3.45. The number of hydrogen-bond acceptors (Lipinski definition) is 4. The number of rotatable bonds is 5. The molecule has 1 aromatic rings. The van der Waals surface area contributed by atoms with Crippen molar-refractivity contribution in [1.29, 1.82) is 0 Å². The summed E-state index contributed by atoms with van der Waals surface area (Å²) in [5.41, 5.74) is 0.638. The number of aryl methyl sites for hydroxylation is 1. The Morgan fingerprint density at radius 2 is 2.12 bits per heavy atom. The van der Waals surface area contributed by atoms with Crippen molar-refractivity contribution in [2.75, 3.05) is 5.32 Å². The molecule has 0 saturated carbocycles. The van der Waals surface area contributed by atoms with E-state index < -0.39 is 11.6 Å². The lowest BCUT2D eigenvalue weighted by Crippen LogP contribution is -2.42. The summed E-state index contributed by atoms with van der Waals surface area (Å²) < 4.78 is 0. The van der Waals surface area contributed by atoms with Crippen molar-refractivity contribution < 1.29 is 5.11 Å². The maximum atomic E-state index is 9.61. The Morgan fingerprint density at radius 1 is 1.44 bits per heavy atom. The second-order valence-electron chi connectivity index (χ2n) is 4.67. The first kappa shape index (κ1) is 12.9. The summed E-state index contributed by atoms with van der Waals surface area (Å²) in [5.74, 6) is 0.768. The van der Waals surface area contributed by atoms with Gasteiger partial charge in [0.1, 0.15) is 12.1 Å². The van der Waals surface area contributed by atoms with Crippen LogP contribution in [0, 0.1) is 0 Å². The highest BCUT2D eigenvalue weighted by Crippen LogP contribution is 2.16. The van der Waals surface area contributed by atoms with Crippen molar-refractivity contribution in [3.05, 3.63) is 18.1 Å². The first-order chi connectivity index (χ1) is 7.45. The molecule has 0 bridgehead atoms. The predicted molar refractivity (Wildman–Crippen MR) is 65.4 cm³/mol. The molecule has 0 aliphatic heterocycles. The van der Waals surface area contributed by atoms with Crippen LogP contribution in [0.15, 0.2) is 12.4 Å². The van der Waals surface area contributed by atoms with Crippen LogP contribution in [0.2, 0.25) is 0 Å². The first-order valence-electron chi connectivity index (χ1n) is 5.73. The maximum absolute atomic E-state index is 9.61. The SMILES string of the molecule is CCCc1cc(NC(C)(C)C(C)O)ncn1. The summed E-state index contributed by atoms with van der Waals surface area (Å²) in [4.78, 5) is 8.35. The molecule has 0 spiro atoms. The monoisotopic (exact) mass is 223 g/mol. The largest absolute Gasteiger partial charge is 0.391 e. The molecule has 0 aliphatic carbocycles. The van der Waals surface area contributed by atoms with Crippen LogP contribution in [0.5, 0.6) is 0 Å². The third-order valence-electron chi connectivity index (χ3n) is 2.72. The van der Waals surface area contributed by atoms with Gasteiger partial charge in [0.15, 0.2) is 0 Å². The smallest absolute Gasteiger partial charge is 0.130 e. The van der Waals surface area contributed by atoms with Crippen LogP contribution in [-0.2, 0) is 6.42 Å². The van der Waals surface area contributed by atoms with E-state index in [1.54, 1.807) is 13.3 Å². The Morgan fingerprint density at radius 3 is 2.69 bits per heavy atom. The summed E-state index contributed by atoms with van der Waals surface area (Å²) >= 11 is 0. The van der Waals surface area contributed by atoms with E-state index in [4.69, 9.17) is 0 Å². The van der Waals surface area contributed by atoms with Gasteiger partial charge in [-0.05, 0) is 27.2 Å². The van der Waals surface area contributed by atoms with Gasteiger partial charge in [-0.2, -0.15) is 0 Å². The van der Waals surface area contributed by atoms with Crippen LogP contribution in [0.3, 0.4) is 0 Å². The maximum Gasteiger partial charge on any atom is 0.130 e. The van der Waals surface area contributed by atoms with Crippen LogP contribution in [0.4, 0.5) is 5.82 Å². The lowest BCUT2D eigenvalue weighted by Gasteiger charge is -2.29. The Hall–Kier alpha value is -1.16. The van der Waals surface area contributed by atoms with Crippen molar-refractivity contribution in [2.24, 2.45) is 0 Å². The van der Waals surface area contributed by atoms with E-state index in [1.165, 1.54) is 0 Å². The number of nitrogens with zero attached hydrogens (tertiary/aromatic N) is 2. The van der Waals surface area contributed by atoms with Gasteiger partial charge in [0.05, 0.1) is 11.6 Å². The molecular formula is C12H21N3O. The molecule has 1 unspecified atom stereocenters. The zero-order valence-electron chi connectivity index (χ0n) is 10.5. The molecule has 1 rings (SSSR count). The van der Waals surface area contributed by atoms with Crippen molar-refractivity contribution >= 4 is 5.82 Å². The average molecular weight is 223 g/mol. The van der Waals surface area contributed by atoms with Crippen molar-refractivity contribution in [3.8, 4) is 0 Å². The van der Waals surface area contributed by atoms with Gasteiger partial charge in [-0.3, -0.25) is 0 Å². The molecule has 1 heterocycles. The van der Waals surface area contributed by atoms with Gasteiger partial charge in [0.2, 0.25) is 0 Å². The van der Waals surface area contributed by atoms with Crippen molar-refractivity contribution in [1.82, 2.24) is 9.97 Å². The lowest BCUT2D eigenvalue weighted by atomic mass is 9.99. The quantitative estimate of drug-likeness (QED) is 0.801. The minimum Gasteiger partial charge on any atom is -0.391 e. The van der Waals surface area contributed by atoms with Gasteiger partial charge in [-0.15, -0.1) is 0 Å². The second-order valence-corrected chi connectivity index (χ2v) is 4.67. The van der Waals surface area contributed by atoms with E-state index in [0.717, 1.165) is 24.4 Å². The van der Waals surface area contributed by atoms with Crippen LogP contribution >= 0.6 is 0 Å². The van der Waals surface area contributed by atoms with Gasteiger partial charge in [-0.1, -0.05) is 13.3 Å². The summed E-state index contributed by atoms with van der Waals surface area (Å²) in [5, 5.41) is 12.8. The average Bonchev–Trinajstić information content (AvgIpc) is 2.17. The lowest BCUT2D eigenvalue weighted by molar-refractivity contribution is 0.133. The van der Waals surface area contributed by atoms with Crippen molar-refractivity contribution in [2.45, 2.75) is 52.2 Å². The molecule has 0 amide bonds. The Labute approximate surface area is 97.1 Å². The summed E-state index contributed by atoms with van der Waals surface area (Å²) in [7, 11) is 0. The number of aliphatic hydroxyl groups excluding tert-OH is 1. The Kier molecular flexibility index (Phi) is 4.24. The van der Waals surface area contributed by atoms with Crippen LogP contribution in [-0.4, -0.2) is 26.7 Å². The van der Waals surface area contributed by atoms with E-state index in [0.29, 0.717) is 0 Å². The zero-order valence-corrected chi connectivity index (χ0v) is 10.5. The molecule has 16 heavy (non-hydrogen) atoms. The highest BCUT2D eigenvalue weighted by atomic mass is 16.3. The number of anilines is 1. The summed E-state index contributed by atoms with van der Waals surface area (Å²) in [6, 6.07) is 1.94. The molecule has 0 fully saturated rings. The molecule has 90 valence electrons. The number of aromatic nitrogens is 2. The van der Waals surface area contributed by atoms with Gasteiger partial charge in [-0.25, -0.2) is 9.97 Å². The van der Waals surface area contributed by atoms with Gasteiger partial charge >= 0.3 is 0 Å². The van der Waals surface area contributed by atoms with Crippen molar-refractivity contribution in [3.63, 3.8) is 0 Å². The topological polar surface area (TPSA) is 58.0 Å².